The third-order valence-corrected chi connectivity index (χ3v) is 3.59. The van der Waals surface area contributed by atoms with Gasteiger partial charge in [-0.3, -0.25) is 4.79 Å². The highest BCUT2D eigenvalue weighted by Gasteiger charge is 2.15. The van der Waals surface area contributed by atoms with Gasteiger partial charge in [0.15, 0.2) is 0 Å². The molecule has 1 amide bonds. The highest BCUT2D eigenvalue weighted by atomic mass is 79.9. The molecule has 0 spiro atoms. The Morgan fingerprint density at radius 3 is 2.67 bits per heavy atom. The van der Waals surface area contributed by atoms with E-state index in [1.54, 1.807) is 25.3 Å². The maximum absolute atomic E-state index is 12.3. The van der Waals surface area contributed by atoms with Crippen LogP contribution >= 0.6 is 15.9 Å². The van der Waals surface area contributed by atoms with Crippen molar-refractivity contribution in [3.63, 3.8) is 0 Å². The average Bonchev–Trinajstić information content (AvgIpc) is 2.46. The quantitative estimate of drug-likeness (QED) is 0.830. The molecule has 0 aliphatic heterocycles. The molecule has 5 heteroatoms. The van der Waals surface area contributed by atoms with Crippen molar-refractivity contribution < 1.29 is 9.53 Å². The Bertz CT molecular complexity index is 638. The minimum atomic E-state index is -0.179. The van der Waals surface area contributed by atoms with Crippen molar-refractivity contribution in [3.05, 3.63) is 58.1 Å². The van der Waals surface area contributed by atoms with Crippen LogP contribution in [0.25, 0.3) is 0 Å². The SMILES string of the molecule is COc1ccccc1[C@@H](C)NC(=O)c1cc(N)cc(Br)c1. The number of nitrogens with one attached hydrogen (secondary N) is 1. The molecule has 2 rings (SSSR count). The maximum atomic E-state index is 12.3. The van der Waals surface area contributed by atoms with Crippen LogP contribution in [0.5, 0.6) is 5.75 Å². The first kappa shape index (κ1) is 15.4. The average molecular weight is 349 g/mol. The van der Waals surface area contributed by atoms with Gasteiger partial charge in [0, 0.05) is 21.3 Å². The summed E-state index contributed by atoms with van der Waals surface area (Å²) in [5.74, 6) is 0.570. The number of anilines is 1. The Hall–Kier alpha value is -2.01. The summed E-state index contributed by atoms with van der Waals surface area (Å²) in [4.78, 5) is 12.3. The molecule has 0 radical (unpaired) electrons. The Morgan fingerprint density at radius 1 is 1.29 bits per heavy atom. The van der Waals surface area contributed by atoms with Crippen molar-refractivity contribution in [2.24, 2.45) is 0 Å². The molecular formula is C16H17BrN2O2. The number of methoxy groups -OCH3 is 1. The van der Waals surface area contributed by atoms with Crippen molar-refractivity contribution in [2.75, 3.05) is 12.8 Å². The number of para-hydroxylation sites is 1. The summed E-state index contributed by atoms with van der Waals surface area (Å²) in [5, 5.41) is 2.95. The van der Waals surface area contributed by atoms with E-state index in [-0.39, 0.29) is 11.9 Å². The van der Waals surface area contributed by atoms with Crippen LogP contribution in [0.2, 0.25) is 0 Å². The van der Waals surface area contributed by atoms with E-state index in [2.05, 4.69) is 21.2 Å². The molecule has 0 unspecified atom stereocenters. The predicted molar refractivity (Wildman–Crippen MR) is 87.4 cm³/mol. The van der Waals surface area contributed by atoms with Crippen molar-refractivity contribution in [3.8, 4) is 5.75 Å². The third kappa shape index (κ3) is 3.76. The van der Waals surface area contributed by atoms with Gasteiger partial charge in [0.05, 0.1) is 13.2 Å². The van der Waals surface area contributed by atoms with Crippen molar-refractivity contribution in [1.29, 1.82) is 0 Å². The third-order valence-electron chi connectivity index (χ3n) is 3.14. The highest BCUT2D eigenvalue weighted by molar-refractivity contribution is 9.10. The van der Waals surface area contributed by atoms with Gasteiger partial charge in [-0.15, -0.1) is 0 Å². The first-order chi connectivity index (χ1) is 10.0. The van der Waals surface area contributed by atoms with Gasteiger partial charge < -0.3 is 15.8 Å². The van der Waals surface area contributed by atoms with Crippen molar-refractivity contribution in [2.45, 2.75) is 13.0 Å². The van der Waals surface area contributed by atoms with Gasteiger partial charge in [0.25, 0.3) is 5.91 Å². The fourth-order valence-corrected chi connectivity index (χ4v) is 2.64. The summed E-state index contributed by atoms with van der Waals surface area (Å²) in [7, 11) is 1.61. The summed E-state index contributed by atoms with van der Waals surface area (Å²) < 4.78 is 6.09. The number of rotatable bonds is 4. The summed E-state index contributed by atoms with van der Waals surface area (Å²) in [6.45, 7) is 1.91. The largest absolute Gasteiger partial charge is 0.496 e. The summed E-state index contributed by atoms with van der Waals surface area (Å²) in [6.07, 6.45) is 0. The number of hydrogen-bond acceptors (Lipinski definition) is 3. The monoisotopic (exact) mass is 348 g/mol. The molecule has 2 aromatic carbocycles. The van der Waals surface area contributed by atoms with E-state index in [1.807, 2.05) is 31.2 Å². The standard InChI is InChI=1S/C16H17BrN2O2/c1-10(14-5-3-4-6-15(14)21-2)19-16(20)11-7-12(17)9-13(18)8-11/h3-10H,18H2,1-2H3,(H,19,20)/t10-/m1/s1. The van der Waals surface area contributed by atoms with Crippen LogP contribution in [0, 0.1) is 0 Å². The molecule has 0 heterocycles. The Morgan fingerprint density at radius 2 is 2.00 bits per heavy atom. The lowest BCUT2D eigenvalue weighted by molar-refractivity contribution is 0.0939. The van der Waals surface area contributed by atoms with Gasteiger partial charge >= 0.3 is 0 Å². The second-order valence-corrected chi connectivity index (χ2v) is 5.63. The first-order valence-corrected chi connectivity index (χ1v) is 7.30. The number of hydrogen-bond donors (Lipinski definition) is 2. The van der Waals surface area contributed by atoms with Crippen LogP contribution in [-0.2, 0) is 0 Å². The lowest BCUT2D eigenvalue weighted by Crippen LogP contribution is -2.27. The topological polar surface area (TPSA) is 64.3 Å². The molecule has 21 heavy (non-hydrogen) atoms. The number of amides is 1. The van der Waals surface area contributed by atoms with Crippen LogP contribution in [0.4, 0.5) is 5.69 Å². The minimum absolute atomic E-state index is 0.172. The van der Waals surface area contributed by atoms with Gasteiger partial charge in [-0.05, 0) is 31.2 Å². The predicted octanol–water partition coefficient (Wildman–Crippen LogP) is 3.53. The van der Waals surface area contributed by atoms with Gasteiger partial charge in [-0.1, -0.05) is 34.1 Å². The number of nitrogens with two attached hydrogens (primary N) is 1. The molecule has 0 saturated heterocycles. The molecule has 0 saturated carbocycles. The number of carbonyl (C=O) groups excluding carboxylic acids is 1. The molecule has 0 bridgehead atoms. The van der Waals surface area contributed by atoms with Crippen LogP contribution in [0.3, 0.4) is 0 Å². The molecule has 3 N–H and O–H groups in total. The van der Waals surface area contributed by atoms with E-state index in [1.165, 1.54) is 0 Å². The first-order valence-electron chi connectivity index (χ1n) is 6.51. The van der Waals surface area contributed by atoms with E-state index in [0.717, 1.165) is 15.8 Å². The molecule has 110 valence electrons. The zero-order chi connectivity index (χ0) is 15.4. The molecule has 0 aliphatic carbocycles. The van der Waals surface area contributed by atoms with Gasteiger partial charge in [0.1, 0.15) is 5.75 Å². The summed E-state index contributed by atoms with van der Waals surface area (Å²) in [5.41, 5.74) is 7.74. The normalized spacial score (nSPS) is 11.8. The Labute approximate surface area is 132 Å². The smallest absolute Gasteiger partial charge is 0.251 e. The Kier molecular flexibility index (Phi) is 4.85. The fraction of sp³-hybridized carbons (Fsp3) is 0.188. The second-order valence-electron chi connectivity index (χ2n) is 4.71. The molecule has 4 nitrogen and oxygen atoms in total. The van der Waals surface area contributed by atoms with Crippen molar-refractivity contribution >= 4 is 27.5 Å². The number of carbonyl (C=O) groups is 1. The number of halogens is 1. The molecule has 0 fully saturated rings. The van der Waals surface area contributed by atoms with Crippen LogP contribution < -0.4 is 15.8 Å². The Balaban J connectivity index is 2.18. The molecule has 1 atom stereocenters. The van der Waals surface area contributed by atoms with Gasteiger partial charge in [0.2, 0.25) is 0 Å². The zero-order valence-corrected chi connectivity index (χ0v) is 13.5. The van der Waals surface area contributed by atoms with Crippen LogP contribution in [0.15, 0.2) is 46.9 Å². The summed E-state index contributed by atoms with van der Waals surface area (Å²) >= 11 is 3.34. The lowest BCUT2D eigenvalue weighted by atomic mass is 10.1. The fourth-order valence-electron chi connectivity index (χ4n) is 2.13. The van der Waals surface area contributed by atoms with E-state index in [9.17, 15) is 4.79 Å². The van der Waals surface area contributed by atoms with Gasteiger partial charge in [-0.25, -0.2) is 0 Å². The van der Waals surface area contributed by atoms with Gasteiger partial charge in [-0.2, -0.15) is 0 Å². The minimum Gasteiger partial charge on any atom is -0.496 e. The number of benzene rings is 2. The zero-order valence-electron chi connectivity index (χ0n) is 11.9. The van der Waals surface area contributed by atoms with E-state index >= 15 is 0 Å². The maximum Gasteiger partial charge on any atom is 0.251 e. The van der Waals surface area contributed by atoms with E-state index < -0.39 is 0 Å². The van der Waals surface area contributed by atoms with Crippen LogP contribution in [-0.4, -0.2) is 13.0 Å². The van der Waals surface area contributed by atoms with E-state index in [0.29, 0.717) is 11.3 Å². The highest BCUT2D eigenvalue weighted by Crippen LogP contribution is 2.25. The van der Waals surface area contributed by atoms with Crippen molar-refractivity contribution in [1.82, 2.24) is 5.32 Å². The second kappa shape index (κ2) is 6.63. The lowest BCUT2D eigenvalue weighted by Gasteiger charge is -2.17. The molecule has 0 aliphatic rings. The number of ether oxygens (including phenoxy) is 1. The van der Waals surface area contributed by atoms with E-state index in [4.69, 9.17) is 10.5 Å². The molecule has 0 aromatic heterocycles. The number of nitrogen functional groups attached to an aromatic ring is 1. The molecular weight excluding hydrogens is 332 g/mol. The summed E-state index contributed by atoms with van der Waals surface area (Å²) in [6, 6.07) is 12.6. The molecule has 2 aromatic rings. The van der Waals surface area contributed by atoms with Crippen LogP contribution in [0.1, 0.15) is 28.9 Å².